The van der Waals surface area contributed by atoms with Crippen molar-refractivity contribution in [2.45, 2.75) is 39.0 Å². The van der Waals surface area contributed by atoms with Crippen molar-refractivity contribution in [3.8, 4) is 5.69 Å². The third kappa shape index (κ3) is 5.12. The lowest BCUT2D eigenvalue weighted by Gasteiger charge is -2.25. The molecule has 0 saturated carbocycles. The van der Waals surface area contributed by atoms with E-state index >= 15 is 0 Å². The molecule has 3 aromatic rings. The highest BCUT2D eigenvalue weighted by atomic mass is 35.5. The lowest BCUT2D eigenvalue weighted by atomic mass is 9.91. The first-order valence-electron chi connectivity index (χ1n) is 10.5. The molecule has 1 amide bonds. The van der Waals surface area contributed by atoms with Crippen LogP contribution in [0.25, 0.3) is 5.69 Å². The Hall–Kier alpha value is -2.34. The number of anilines is 1. The normalized spacial score (nSPS) is 14.2. The zero-order chi connectivity index (χ0) is 21.1. The van der Waals surface area contributed by atoms with Crippen molar-refractivity contribution >= 4 is 35.6 Å². The molecule has 0 spiro atoms. The van der Waals surface area contributed by atoms with Crippen LogP contribution in [-0.2, 0) is 6.42 Å². The van der Waals surface area contributed by atoms with Gasteiger partial charge in [0.15, 0.2) is 0 Å². The van der Waals surface area contributed by atoms with Gasteiger partial charge in [-0.15, -0.1) is 12.4 Å². The van der Waals surface area contributed by atoms with Gasteiger partial charge in [0.2, 0.25) is 0 Å². The van der Waals surface area contributed by atoms with E-state index in [1.54, 1.807) is 6.20 Å². The Kier molecular flexibility index (Phi) is 7.76. The SMILES string of the molecule is CCc1cccc(NC(=O)c2cnn(-c3ccc(C)c(Cl)c3)c2C2CCNCC2)c1.Cl. The van der Waals surface area contributed by atoms with Gasteiger partial charge in [-0.05, 0) is 74.7 Å². The summed E-state index contributed by atoms with van der Waals surface area (Å²) in [6, 6.07) is 13.9. The average Bonchev–Trinajstić information content (AvgIpc) is 3.22. The summed E-state index contributed by atoms with van der Waals surface area (Å²) in [5.41, 5.74) is 5.48. The van der Waals surface area contributed by atoms with E-state index in [1.807, 2.05) is 48.0 Å². The minimum atomic E-state index is -0.124. The average molecular weight is 459 g/mol. The molecule has 2 aromatic carbocycles. The summed E-state index contributed by atoms with van der Waals surface area (Å²) in [5.74, 6) is 0.137. The molecule has 1 aliphatic rings. The lowest BCUT2D eigenvalue weighted by molar-refractivity contribution is 0.102. The molecule has 164 valence electrons. The van der Waals surface area contributed by atoms with Crippen molar-refractivity contribution in [3.63, 3.8) is 0 Å². The van der Waals surface area contributed by atoms with Crippen LogP contribution >= 0.6 is 24.0 Å². The van der Waals surface area contributed by atoms with Crippen molar-refractivity contribution in [1.29, 1.82) is 0 Å². The fourth-order valence-corrected chi connectivity index (χ4v) is 4.18. The van der Waals surface area contributed by atoms with Gasteiger partial charge < -0.3 is 10.6 Å². The van der Waals surface area contributed by atoms with Crippen LogP contribution in [0.3, 0.4) is 0 Å². The number of nitrogens with zero attached hydrogens (tertiary/aromatic N) is 2. The standard InChI is InChI=1S/C24H27ClN4O.ClH/c1-3-17-5-4-6-19(13-17)28-24(30)21-15-27-29(20-8-7-16(2)22(25)14-20)23(21)18-9-11-26-12-10-18;/h4-8,13-15,18,26H,3,9-12H2,1-2H3,(H,28,30);1H. The number of halogens is 2. The van der Waals surface area contributed by atoms with Crippen LogP contribution in [0.4, 0.5) is 5.69 Å². The first kappa shape index (κ1) is 23.3. The molecule has 0 bridgehead atoms. The Labute approximate surface area is 194 Å². The predicted octanol–water partition coefficient (Wildman–Crippen LogP) is 5.54. The number of carbonyl (C=O) groups excluding carboxylic acids is 1. The minimum Gasteiger partial charge on any atom is -0.322 e. The van der Waals surface area contributed by atoms with Gasteiger partial charge in [0, 0.05) is 16.6 Å². The Balaban J connectivity index is 0.00000272. The molecule has 0 atom stereocenters. The highest BCUT2D eigenvalue weighted by Crippen LogP contribution is 2.31. The molecule has 1 aliphatic heterocycles. The maximum absolute atomic E-state index is 13.2. The lowest BCUT2D eigenvalue weighted by Crippen LogP contribution is -2.29. The molecular formula is C24H28Cl2N4O. The topological polar surface area (TPSA) is 59.0 Å². The molecule has 0 unspecified atom stereocenters. The van der Waals surface area contributed by atoms with Crippen LogP contribution in [0.1, 0.15) is 52.9 Å². The number of nitrogens with one attached hydrogen (secondary N) is 2. The van der Waals surface area contributed by atoms with Crippen LogP contribution in [0, 0.1) is 6.92 Å². The second-order valence-corrected chi connectivity index (χ2v) is 8.23. The van der Waals surface area contributed by atoms with Crippen LogP contribution < -0.4 is 10.6 Å². The summed E-state index contributed by atoms with van der Waals surface area (Å²) in [6.45, 7) is 5.95. The highest BCUT2D eigenvalue weighted by molar-refractivity contribution is 6.31. The number of benzene rings is 2. The summed E-state index contributed by atoms with van der Waals surface area (Å²) in [7, 11) is 0. The van der Waals surface area contributed by atoms with E-state index in [2.05, 4.69) is 28.7 Å². The fourth-order valence-electron chi connectivity index (χ4n) is 4.01. The number of amides is 1. The van der Waals surface area contributed by atoms with Crippen molar-refractivity contribution in [2.75, 3.05) is 18.4 Å². The number of carbonyl (C=O) groups is 1. The largest absolute Gasteiger partial charge is 0.322 e. The Bertz CT molecular complexity index is 1060. The molecule has 0 aliphatic carbocycles. The maximum atomic E-state index is 13.2. The minimum absolute atomic E-state index is 0. The number of hydrogen-bond donors (Lipinski definition) is 2. The van der Waals surface area contributed by atoms with Crippen LogP contribution in [0.2, 0.25) is 5.02 Å². The number of hydrogen-bond acceptors (Lipinski definition) is 3. The van der Waals surface area contributed by atoms with E-state index < -0.39 is 0 Å². The summed E-state index contributed by atoms with van der Waals surface area (Å²) >= 11 is 6.38. The Morgan fingerprint density at radius 3 is 2.71 bits per heavy atom. The molecule has 5 nitrogen and oxygen atoms in total. The zero-order valence-electron chi connectivity index (χ0n) is 17.8. The van der Waals surface area contributed by atoms with E-state index in [1.165, 1.54) is 5.56 Å². The first-order chi connectivity index (χ1) is 14.6. The predicted molar refractivity (Wildman–Crippen MR) is 129 cm³/mol. The van der Waals surface area contributed by atoms with Gasteiger partial charge in [-0.3, -0.25) is 4.79 Å². The van der Waals surface area contributed by atoms with Gasteiger partial charge in [-0.1, -0.05) is 36.7 Å². The fraction of sp³-hybridized carbons (Fsp3) is 0.333. The molecular weight excluding hydrogens is 431 g/mol. The molecule has 4 rings (SSSR count). The smallest absolute Gasteiger partial charge is 0.259 e. The summed E-state index contributed by atoms with van der Waals surface area (Å²) in [5, 5.41) is 11.8. The molecule has 1 saturated heterocycles. The van der Waals surface area contributed by atoms with Gasteiger partial charge in [0.25, 0.3) is 5.91 Å². The van der Waals surface area contributed by atoms with Gasteiger partial charge in [-0.25, -0.2) is 4.68 Å². The van der Waals surface area contributed by atoms with E-state index in [4.69, 9.17) is 11.6 Å². The molecule has 7 heteroatoms. The van der Waals surface area contributed by atoms with Crippen LogP contribution in [-0.4, -0.2) is 28.8 Å². The van der Waals surface area contributed by atoms with Crippen LogP contribution in [0.5, 0.6) is 0 Å². The molecule has 2 heterocycles. The van der Waals surface area contributed by atoms with Crippen molar-refractivity contribution in [3.05, 3.63) is 76.1 Å². The second-order valence-electron chi connectivity index (χ2n) is 7.82. The molecule has 0 radical (unpaired) electrons. The van der Waals surface area contributed by atoms with Gasteiger partial charge in [-0.2, -0.15) is 5.10 Å². The Morgan fingerprint density at radius 1 is 1.23 bits per heavy atom. The number of aryl methyl sites for hydroxylation is 2. The van der Waals surface area contributed by atoms with Gasteiger partial charge >= 0.3 is 0 Å². The Morgan fingerprint density at radius 2 is 2.00 bits per heavy atom. The van der Waals surface area contributed by atoms with Crippen molar-refractivity contribution in [1.82, 2.24) is 15.1 Å². The zero-order valence-corrected chi connectivity index (χ0v) is 19.4. The van der Waals surface area contributed by atoms with E-state index in [-0.39, 0.29) is 24.2 Å². The maximum Gasteiger partial charge on any atom is 0.259 e. The van der Waals surface area contributed by atoms with Gasteiger partial charge in [0.05, 0.1) is 23.1 Å². The summed E-state index contributed by atoms with van der Waals surface area (Å²) in [4.78, 5) is 13.2. The quantitative estimate of drug-likeness (QED) is 0.527. The van der Waals surface area contributed by atoms with Gasteiger partial charge in [0.1, 0.15) is 0 Å². The van der Waals surface area contributed by atoms with Crippen molar-refractivity contribution < 1.29 is 4.79 Å². The van der Waals surface area contributed by atoms with Crippen LogP contribution in [0.15, 0.2) is 48.7 Å². The number of rotatable bonds is 5. The third-order valence-electron chi connectivity index (χ3n) is 5.77. The van der Waals surface area contributed by atoms with E-state index in [9.17, 15) is 4.79 Å². The third-order valence-corrected chi connectivity index (χ3v) is 6.18. The summed E-state index contributed by atoms with van der Waals surface area (Å²) < 4.78 is 1.89. The van der Waals surface area contributed by atoms with Crippen molar-refractivity contribution in [2.24, 2.45) is 0 Å². The molecule has 1 fully saturated rings. The highest BCUT2D eigenvalue weighted by Gasteiger charge is 2.27. The van der Waals surface area contributed by atoms with E-state index in [0.29, 0.717) is 10.6 Å². The molecule has 2 N–H and O–H groups in total. The number of piperidine rings is 1. The first-order valence-corrected chi connectivity index (χ1v) is 10.9. The number of aromatic nitrogens is 2. The monoisotopic (exact) mass is 458 g/mol. The van der Waals surface area contributed by atoms with E-state index in [0.717, 1.165) is 55.0 Å². The summed E-state index contributed by atoms with van der Waals surface area (Å²) in [6.07, 6.45) is 4.55. The second kappa shape index (κ2) is 10.3. The molecule has 1 aromatic heterocycles. The molecule has 31 heavy (non-hydrogen) atoms.